The molecular weight excluding hydrogens is 310 g/mol. The predicted octanol–water partition coefficient (Wildman–Crippen LogP) is 0.615. The number of carboxylic acid groups (broad SMARTS) is 4. The second-order valence-corrected chi connectivity index (χ2v) is 4.09. The molecule has 0 amide bonds. The first-order valence-corrected chi connectivity index (χ1v) is 5.50. The van der Waals surface area contributed by atoms with Crippen LogP contribution in [0.3, 0.4) is 0 Å². The largest absolute Gasteiger partial charge is 0.481 e. The van der Waals surface area contributed by atoms with Crippen LogP contribution in [0.15, 0.2) is 0 Å². The summed E-state index contributed by atoms with van der Waals surface area (Å²) in [6.45, 7) is 0. The molecule has 118 valence electrons. The van der Waals surface area contributed by atoms with Gasteiger partial charge in [-0.05, 0) is 0 Å². The molecule has 0 aliphatic heterocycles. The monoisotopic (exact) mass is 318 g/mol. The summed E-state index contributed by atoms with van der Waals surface area (Å²) in [6, 6.07) is 0. The summed E-state index contributed by atoms with van der Waals surface area (Å²) < 4.78 is 28.3. The van der Waals surface area contributed by atoms with E-state index in [0.29, 0.717) is 0 Å². The van der Waals surface area contributed by atoms with Gasteiger partial charge in [-0.2, -0.15) is 0 Å². The molecule has 0 heterocycles. The van der Waals surface area contributed by atoms with Crippen molar-refractivity contribution >= 4 is 23.9 Å². The molecule has 10 heteroatoms. The maximum absolute atomic E-state index is 14.1. The van der Waals surface area contributed by atoms with Gasteiger partial charge in [-0.1, -0.05) is 0 Å². The summed E-state index contributed by atoms with van der Waals surface area (Å²) in [4.78, 5) is 43.3. The highest BCUT2D eigenvalue weighted by Gasteiger charge is 2.32. The highest BCUT2D eigenvalue weighted by Crippen LogP contribution is 2.28. The molecule has 4 N–H and O–H groups in total. The van der Waals surface area contributed by atoms with Crippen LogP contribution in [-0.4, -0.2) is 44.3 Å². The van der Waals surface area contributed by atoms with Crippen molar-refractivity contribution in [2.45, 2.75) is 12.8 Å². The Bertz CT molecular complexity index is 635. The number of carboxylic acids is 4. The minimum atomic E-state index is -2.05. The van der Waals surface area contributed by atoms with Gasteiger partial charge in [0, 0.05) is 11.1 Å². The van der Waals surface area contributed by atoms with E-state index < -0.39 is 70.6 Å². The number of aromatic carboxylic acids is 2. The summed E-state index contributed by atoms with van der Waals surface area (Å²) in [6.07, 6.45) is -2.56. The first-order valence-electron chi connectivity index (χ1n) is 5.50. The number of aliphatic carboxylic acids is 2. The standard InChI is InChI=1S/C12H8F2O8/c13-9-3(1-5(15)16)7(11(19)20)10(14)4(2-6(17)18)8(9)12(21)22/h1-2H2,(H,15,16)(H,17,18)(H,19,20)(H,21,22). The molecule has 0 unspecified atom stereocenters. The van der Waals surface area contributed by atoms with Crippen LogP contribution in [0.4, 0.5) is 8.78 Å². The van der Waals surface area contributed by atoms with Crippen LogP contribution in [-0.2, 0) is 22.4 Å². The van der Waals surface area contributed by atoms with Gasteiger partial charge in [-0.15, -0.1) is 0 Å². The average molecular weight is 318 g/mol. The minimum absolute atomic E-state index is 1.18. The van der Waals surface area contributed by atoms with Crippen LogP contribution in [0.1, 0.15) is 31.8 Å². The summed E-state index contributed by atoms with van der Waals surface area (Å²) >= 11 is 0. The van der Waals surface area contributed by atoms with E-state index >= 15 is 0 Å². The quantitative estimate of drug-likeness (QED) is 0.596. The van der Waals surface area contributed by atoms with Crippen molar-refractivity contribution in [2.24, 2.45) is 0 Å². The van der Waals surface area contributed by atoms with E-state index in [1.165, 1.54) is 0 Å². The Hall–Kier alpha value is -3.04. The van der Waals surface area contributed by atoms with Gasteiger partial charge in [0.2, 0.25) is 0 Å². The van der Waals surface area contributed by atoms with E-state index in [9.17, 15) is 28.0 Å². The van der Waals surface area contributed by atoms with Gasteiger partial charge in [0.05, 0.1) is 12.8 Å². The van der Waals surface area contributed by atoms with Gasteiger partial charge in [0.1, 0.15) is 22.8 Å². The molecule has 8 nitrogen and oxygen atoms in total. The lowest BCUT2D eigenvalue weighted by atomic mass is 9.92. The Morgan fingerprint density at radius 3 is 1.14 bits per heavy atom. The lowest BCUT2D eigenvalue weighted by molar-refractivity contribution is -0.137. The zero-order chi connectivity index (χ0) is 17.2. The zero-order valence-electron chi connectivity index (χ0n) is 10.6. The molecule has 0 saturated carbocycles. The van der Waals surface area contributed by atoms with Crippen LogP contribution in [0, 0.1) is 11.6 Å². The van der Waals surface area contributed by atoms with Gasteiger partial charge in [-0.3, -0.25) is 9.59 Å². The van der Waals surface area contributed by atoms with E-state index in [2.05, 4.69) is 0 Å². The van der Waals surface area contributed by atoms with E-state index in [4.69, 9.17) is 20.4 Å². The molecule has 0 aliphatic carbocycles. The molecule has 0 aliphatic rings. The molecule has 22 heavy (non-hydrogen) atoms. The lowest BCUT2D eigenvalue weighted by Crippen LogP contribution is -2.21. The third kappa shape index (κ3) is 3.16. The van der Waals surface area contributed by atoms with Crippen molar-refractivity contribution in [2.75, 3.05) is 0 Å². The summed E-state index contributed by atoms with van der Waals surface area (Å²) in [5.74, 6) is -11.1. The zero-order valence-corrected chi connectivity index (χ0v) is 10.6. The predicted molar refractivity (Wildman–Crippen MR) is 63.0 cm³/mol. The fraction of sp³-hybridized carbons (Fsp3) is 0.167. The number of hydrogen-bond acceptors (Lipinski definition) is 4. The molecule has 0 atom stereocenters. The average Bonchev–Trinajstić information content (AvgIpc) is 2.33. The van der Waals surface area contributed by atoms with Crippen molar-refractivity contribution < 1.29 is 48.4 Å². The van der Waals surface area contributed by atoms with Crippen molar-refractivity contribution in [3.05, 3.63) is 33.9 Å². The molecule has 0 saturated heterocycles. The van der Waals surface area contributed by atoms with Gasteiger partial charge in [0.15, 0.2) is 0 Å². The van der Waals surface area contributed by atoms with Gasteiger partial charge in [0.25, 0.3) is 0 Å². The number of rotatable bonds is 6. The van der Waals surface area contributed by atoms with Crippen molar-refractivity contribution in [1.82, 2.24) is 0 Å². The van der Waals surface area contributed by atoms with Crippen LogP contribution in [0.25, 0.3) is 0 Å². The summed E-state index contributed by atoms with van der Waals surface area (Å²) in [7, 11) is 0. The molecule has 1 aromatic carbocycles. The molecule has 1 aromatic rings. The fourth-order valence-electron chi connectivity index (χ4n) is 1.87. The van der Waals surface area contributed by atoms with Crippen LogP contribution >= 0.6 is 0 Å². The van der Waals surface area contributed by atoms with E-state index in [-0.39, 0.29) is 0 Å². The van der Waals surface area contributed by atoms with Crippen LogP contribution in [0.2, 0.25) is 0 Å². The SMILES string of the molecule is O=C(O)Cc1c(F)c(C(=O)O)c(CC(=O)O)c(F)c1C(=O)O. The fourth-order valence-corrected chi connectivity index (χ4v) is 1.87. The number of carbonyl (C=O) groups is 4. The third-order valence-corrected chi connectivity index (χ3v) is 2.66. The van der Waals surface area contributed by atoms with E-state index in [1.807, 2.05) is 0 Å². The number of halogens is 2. The highest BCUT2D eigenvalue weighted by atomic mass is 19.1. The molecule has 0 aromatic heterocycles. The maximum Gasteiger partial charge on any atom is 0.339 e. The van der Waals surface area contributed by atoms with E-state index in [1.54, 1.807) is 0 Å². The Labute approximate surface area is 120 Å². The van der Waals surface area contributed by atoms with Crippen LogP contribution in [0.5, 0.6) is 0 Å². The van der Waals surface area contributed by atoms with Crippen molar-refractivity contribution in [1.29, 1.82) is 0 Å². The van der Waals surface area contributed by atoms with Crippen molar-refractivity contribution in [3.8, 4) is 0 Å². The Morgan fingerprint density at radius 2 is 0.955 bits per heavy atom. The van der Waals surface area contributed by atoms with Crippen molar-refractivity contribution in [3.63, 3.8) is 0 Å². The van der Waals surface area contributed by atoms with Gasteiger partial charge in [-0.25, -0.2) is 18.4 Å². The second kappa shape index (κ2) is 6.16. The lowest BCUT2D eigenvalue weighted by Gasteiger charge is -2.14. The third-order valence-electron chi connectivity index (χ3n) is 2.66. The highest BCUT2D eigenvalue weighted by molar-refractivity contribution is 5.97. The molecule has 1 rings (SSSR count). The minimum Gasteiger partial charge on any atom is -0.481 e. The Kier molecular flexibility index (Phi) is 4.76. The van der Waals surface area contributed by atoms with Gasteiger partial charge >= 0.3 is 23.9 Å². The summed E-state index contributed by atoms with van der Waals surface area (Å²) in [5, 5.41) is 35.0. The molecule has 0 spiro atoms. The van der Waals surface area contributed by atoms with Crippen LogP contribution < -0.4 is 0 Å². The number of benzene rings is 1. The first-order chi connectivity index (χ1) is 10.1. The molecule has 0 radical (unpaired) electrons. The molecular formula is C12H8F2O8. The second-order valence-electron chi connectivity index (χ2n) is 4.09. The normalized spacial score (nSPS) is 10.3. The maximum atomic E-state index is 14.1. The summed E-state index contributed by atoms with van der Waals surface area (Å²) in [5.41, 5.74) is -5.16. The smallest absolute Gasteiger partial charge is 0.339 e. The molecule has 0 fully saturated rings. The Balaban J connectivity index is 3.88. The topological polar surface area (TPSA) is 149 Å². The molecule has 0 bridgehead atoms. The number of hydrogen-bond donors (Lipinski definition) is 4. The Morgan fingerprint density at radius 1 is 0.682 bits per heavy atom. The first kappa shape index (κ1) is 17.0. The van der Waals surface area contributed by atoms with E-state index in [0.717, 1.165) is 0 Å². The van der Waals surface area contributed by atoms with Gasteiger partial charge < -0.3 is 20.4 Å².